The molecule has 4 rings (SSSR count). The summed E-state index contributed by atoms with van der Waals surface area (Å²) in [6.07, 6.45) is 1.85. The van der Waals surface area contributed by atoms with Crippen molar-refractivity contribution in [3.05, 3.63) is 63.9 Å². The Balaban J connectivity index is 1.51. The number of ether oxygens (including phenoxy) is 2. The van der Waals surface area contributed by atoms with Crippen LogP contribution in [0.3, 0.4) is 0 Å². The van der Waals surface area contributed by atoms with Gasteiger partial charge >= 0.3 is 0 Å². The van der Waals surface area contributed by atoms with Gasteiger partial charge in [0.2, 0.25) is 0 Å². The van der Waals surface area contributed by atoms with Crippen molar-refractivity contribution in [3.8, 4) is 0 Å². The lowest BCUT2D eigenvalue weighted by atomic mass is 9.76. The van der Waals surface area contributed by atoms with Crippen LogP contribution < -0.4 is 10.6 Å². The van der Waals surface area contributed by atoms with E-state index in [1.54, 1.807) is 0 Å². The number of rotatable bonds is 8. The first kappa shape index (κ1) is 21.7. The lowest BCUT2D eigenvalue weighted by Gasteiger charge is -2.46. The molecule has 0 spiro atoms. The molecule has 0 radical (unpaired) electrons. The molecule has 0 saturated carbocycles. The molecule has 3 N–H and O–H groups in total. The van der Waals surface area contributed by atoms with E-state index in [1.165, 1.54) is 6.07 Å². The van der Waals surface area contributed by atoms with Gasteiger partial charge in [-0.2, -0.15) is 0 Å². The third-order valence-electron chi connectivity index (χ3n) is 5.86. The fourth-order valence-electron chi connectivity index (χ4n) is 4.50. The first-order valence-electron chi connectivity index (χ1n) is 10.5. The highest BCUT2D eigenvalue weighted by Crippen LogP contribution is 2.51. The zero-order chi connectivity index (χ0) is 20.9. The molecule has 0 amide bonds. The maximum atomic E-state index is 14.8. The van der Waals surface area contributed by atoms with Crippen LogP contribution in [0, 0.1) is 11.7 Å². The molecular formula is C23H28BrFN2O3. The Morgan fingerprint density at radius 1 is 1.20 bits per heavy atom. The molecule has 30 heavy (non-hydrogen) atoms. The number of halogens is 2. The molecule has 162 valence electrons. The van der Waals surface area contributed by atoms with Crippen molar-refractivity contribution in [2.24, 2.45) is 5.92 Å². The van der Waals surface area contributed by atoms with E-state index in [1.807, 2.05) is 24.3 Å². The Hall–Kier alpha value is -1.51. The first-order chi connectivity index (χ1) is 14.7. The maximum absolute atomic E-state index is 14.8. The summed E-state index contributed by atoms with van der Waals surface area (Å²) in [5.41, 5.74) is 2.58. The molecule has 0 aliphatic carbocycles. The van der Waals surface area contributed by atoms with Gasteiger partial charge in [0.25, 0.3) is 0 Å². The fraction of sp³-hybridized carbons (Fsp3) is 0.478. The highest BCUT2D eigenvalue weighted by molar-refractivity contribution is 9.10. The Morgan fingerprint density at radius 2 is 2.03 bits per heavy atom. The molecule has 5 nitrogen and oxygen atoms in total. The van der Waals surface area contributed by atoms with Crippen LogP contribution in [0.5, 0.6) is 0 Å². The number of aliphatic hydroxyl groups is 1. The van der Waals surface area contributed by atoms with Crippen LogP contribution in [0.25, 0.3) is 0 Å². The Morgan fingerprint density at radius 3 is 2.83 bits per heavy atom. The lowest BCUT2D eigenvalue weighted by molar-refractivity contribution is -0.0920. The van der Waals surface area contributed by atoms with Gasteiger partial charge in [-0.1, -0.05) is 46.3 Å². The topological polar surface area (TPSA) is 62.8 Å². The number of hydrogen-bond acceptors (Lipinski definition) is 5. The molecule has 7 heteroatoms. The second-order valence-electron chi connectivity index (χ2n) is 7.84. The molecule has 1 fully saturated rings. The minimum Gasteiger partial charge on any atom is -0.394 e. The predicted molar refractivity (Wildman–Crippen MR) is 118 cm³/mol. The molecule has 2 heterocycles. The zero-order valence-electron chi connectivity index (χ0n) is 16.8. The predicted octanol–water partition coefficient (Wildman–Crippen LogP) is 4.19. The fourth-order valence-corrected chi connectivity index (χ4v) is 4.95. The van der Waals surface area contributed by atoms with Gasteiger partial charge in [-0.05, 0) is 30.5 Å². The van der Waals surface area contributed by atoms with Crippen molar-refractivity contribution in [2.75, 3.05) is 38.2 Å². The molecule has 2 aromatic carbocycles. The number of anilines is 1. The van der Waals surface area contributed by atoms with Gasteiger partial charge in [-0.25, -0.2) is 4.39 Å². The quantitative estimate of drug-likeness (QED) is 0.496. The average Bonchev–Trinajstić information content (AvgIpc) is 2.76. The molecule has 1 saturated heterocycles. The second-order valence-corrected chi connectivity index (χ2v) is 8.76. The highest BCUT2D eigenvalue weighted by atomic mass is 79.9. The van der Waals surface area contributed by atoms with Crippen molar-refractivity contribution < 1.29 is 19.0 Å². The number of aliphatic hydroxyl groups excluding tert-OH is 1. The summed E-state index contributed by atoms with van der Waals surface area (Å²) >= 11 is 3.44. The summed E-state index contributed by atoms with van der Waals surface area (Å²) in [6.45, 7) is 2.38. The van der Waals surface area contributed by atoms with E-state index in [2.05, 4.69) is 38.7 Å². The van der Waals surface area contributed by atoms with Gasteiger partial charge < -0.3 is 25.2 Å². The Bertz CT molecular complexity index is 839. The van der Waals surface area contributed by atoms with Crippen molar-refractivity contribution >= 4 is 21.6 Å². The van der Waals surface area contributed by atoms with E-state index < -0.39 is 0 Å². The van der Waals surface area contributed by atoms with Crippen LogP contribution in [-0.4, -0.2) is 44.1 Å². The van der Waals surface area contributed by atoms with Crippen LogP contribution >= 0.6 is 15.9 Å². The largest absolute Gasteiger partial charge is 0.394 e. The monoisotopic (exact) mass is 478 g/mol. The van der Waals surface area contributed by atoms with Crippen molar-refractivity contribution in [1.29, 1.82) is 0 Å². The van der Waals surface area contributed by atoms with E-state index in [0.29, 0.717) is 25.4 Å². The molecule has 2 aromatic rings. The third kappa shape index (κ3) is 4.86. The van der Waals surface area contributed by atoms with Crippen LogP contribution in [0.1, 0.15) is 36.1 Å². The number of nitrogens with one attached hydrogen (secondary N) is 2. The molecule has 0 bridgehead atoms. The van der Waals surface area contributed by atoms with Gasteiger partial charge in [0.1, 0.15) is 5.82 Å². The minimum absolute atomic E-state index is 0.0140. The standard InChI is InChI=1S/C23H28BrFN2O3/c24-16-12-19-22(20(25)13-16)27-21(15-4-2-1-3-5-15)18-7-6-17(30-23(18)19)14-26-8-10-29-11-9-28/h1-5,12-13,17-18,21,23,26-28H,6-11,14H2/t17-,18+,21+,23+/m1/s1. The second kappa shape index (κ2) is 10.2. The average molecular weight is 479 g/mol. The summed E-state index contributed by atoms with van der Waals surface area (Å²) in [4.78, 5) is 0. The summed E-state index contributed by atoms with van der Waals surface area (Å²) < 4.78 is 27.4. The van der Waals surface area contributed by atoms with Gasteiger partial charge in [-0.3, -0.25) is 0 Å². The van der Waals surface area contributed by atoms with E-state index in [9.17, 15) is 4.39 Å². The smallest absolute Gasteiger partial charge is 0.147 e. The van der Waals surface area contributed by atoms with Crippen molar-refractivity contribution in [1.82, 2.24) is 5.32 Å². The molecule has 4 atom stereocenters. The van der Waals surface area contributed by atoms with E-state index in [0.717, 1.165) is 35.0 Å². The van der Waals surface area contributed by atoms with Crippen molar-refractivity contribution in [2.45, 2.75) is 31.1 Å². The molecule has 0 aromatic heterocycles. The molecule has 2 aliphatic heterocycles. The number of hydrogen-bond donors (Lipinski definition) is 3. The van der Waals surface area contributed by atoms with E-state index in [4.69, 9.17) is 14.6 Å². The van der Waals surface area contributed by atoms with E-state index >= 15 is 0 Å². The van der Waals surface area contributed by atoms with Crippen molar-refractivity contribution in [3.63, 3.8) is 0 Å². The van der Waals surface area contributed by atoms with Gasteiger partial charge in [0.15, 0.2) is 0 Å². The van der Waals surface area contributed by atoms with Crippen LogP contribution in [0.4, 0.5) is 10.1 Å². The van der Waals surface area contributed by atoms with Crippen LogP contribution in [0.2, 0.25) is 0 Å². The molecular weight excluding hydrogens is 451 g/mol. The van der Waals surface area contributed by atoms with Crippen LogP contribution in [0.15, 0.2) is 46.9 Å². The summed E-state index contributed by atoms with van der Waals surface area (Å²) in [5.74, 6) is -0.0265. The SMILES string of the molecule is OCCOCCNC[C@H]1CC[C@@H]2[C@H](O1)c1cc(Br)cc(F)c1N[C@H]2c1ccccc1. The summed E-state index contributed by atoms with van der Waals surface area (Å²) in [7, 11) is 0. The Kier molecular flexibility index (Phi) is 7.38. The summed E-state index contributed by atoms with van der Waals surface area (Å²) in [5, 5.41) is 15.6. The summed E-state index contributed by atoms with van der Waals surface area (Å²) in [6, 6.07) is 13.7. The number of fused-ring (bicyclic) bond motifs is 3. The first-order valence-corrected chi connectivity index (χ1v) is 11.3. The minimum atomic E-state index is -0.261. The van der Waals surface area contributed by atoms with Gasteiger partial charge in [-0.15, -0.1) is 0 Å². The number of benzene rings is 2. The van der Waals surface area contributed by atoms with Gasteiger partial charge in [0.05, 0.1) is 43.8 Å². The highest BCUT2D eigenvalue weighted by Gasteiger charge is 2.43. The third-order valence-corrected chi connectivity index (χ3v) is 6.32. The van der Waals surface area contributed by atoms with Crippen LogP contribution in [-0.2, 0) is 9.47 Å². The lowest BCUT2D eigenvalue weighted by Crippen LogP contribution is -2.42. The van der Waals surface area contributed by atoms with Gasteiger partial charge in [0, 0.05) is 29.0 Å². The molecule has 0 unspecified atom stereocenters. The van der Waals surface area contributed by atoms with E-state index in [-0.39, 0.29) is 36.6 Å². The molecule has 2 aliphatic rings. The zero-order valence-corrected chi connectivity index (χ0v) is 18.4. The normalized spacial score (nSPS) is 25.3. The maximum Gasteiger partial charge on any atom is 0.147 e. The Labute approximate surface area is 185 Å².